The molecule has 5 nitrogen and oxygen atoms in total. The molecule has 6 heteroatoms. The number of hydrogen-bond donors (Lipinski definition) is 0. The van der Waals surface area contributed by atoms with Crippen LogP contribution in [0.1, 0.15) is 11.1 Å². The largest absolute Gasteiger partial charge is 0.438 e. The highest BCUT2D eigenvalue weighted by Gasteiger charge is 2.61. The summed E-state index contributed by atoms with van der Waals surface area (Å²) in [6.45, 7) is 5.88. The highest BCUT2D eigenvalue weighted by molar-refractivity contribution is 6.30. The molecule has 0 aromatic heterocycles. The molecule has 0 bridgehead atoms. The van der Waals surface area contributed by atoms with Crippen molar-refractivity contribution in [1.82, 2.24) is 14.7 Å². The quantitative estimate of drug-likeness (QED) is 0.793. The van der Waals surface area contributed by atoms with Crippen molar-refractivity contribution in [2.75, 3.05) is 32.7 Å². The molecule has 5 rings (SSSR count). The van der Waals surface area contributed by atoms with Crippen molar-refractivity contribution in [3.8, 4) is 0 Å². The summed E-state index contributed by atoms with van der Waals surface area (Å²) in [6, 6.07) is 18.6. The van der Waals surface area contributed by atoms with Gasteiger partial charge in [-0.2, -0.15) is 0 Å². The van der Waals surface area contributed by atoms with E-state index in [1.54, 1.807) is 0 Å². The zero-order valence-electron chi connectivity index (χ0n) is 15.8. The van der Waals surface area contributed by atoms with Crippen molar-refractivity contribution < 1.29 is 9.53 Å². The molecule has 2 aromatic carbocycles. The molecule has 1 spiro atoms. The number of piperazine rings is 1. The first-order valence-electron chi connectivity index (χ1n) is 9.84. The number of nitrogens with zero attached hydrogens (tertiary/aromatic N) is 3. The maximum Gasteiger partial charge on any atom is 0.410 e. The van der Waals surface area contributed by atoms with Crippen molar-refractivity contribution in [3.05, 3.63) is 70.7 Å². The topological polar surface area (TPSA) is 36.0 Å². The van der Waals surface area contributed by atoms with Crippen LogP contribution in [0.15, 0.2) is 54.6 Å². The Labute approximate surface area is 170 Å². The normalized spacial score (nSPS) is 24.1. The smallest absolute Gasteiger partial charge is 0.410 e. The van der Waals surface area contributed by atoms with Gasteiger partial charge in [0.2, 0.25) is 0 Å². The number of fused-ring (bicyclic) bond motifs is 2. The van der Waals surface area contributed by atoms with E-state index in [1.807, 2.05) is 23.1 Å². The van der Waals surface area contributed by atoms with Crippen LogP contribution in [0.25, 0.3) is 0 Å². The Hall–Kier alpha value is -2.08. The first kappa shape index (κ1) is 18.0. The summed E-state index contributed by atoms with van der Waals surface area (Å²) in [5.41, 5.74) is 2.18. The Morgan fingerprint density at radius 3 is 2.36 bits per heavy atom. The summed E-state index contributed by atoms with van der Waals surface area (Å²) < 4.78 is 5.91. The molecule has 2 aromatic rings. The highest BCUT2D eigenvalue weighted by atomic mass is 35.5. The summed E-state index contributed by atoms with van der Waals surface area (Å²) in [5.74, 6) is 0. The van der Waals surface area contributed by atoms with E-state index in [0.717, 1.165) is 50.8 Å². The van der Waals surface area contributed by atoms with Crippen LogP contribution in [-0.2, 0) is 17.8 Å². The Bertz CT molecular complexity index is 852. The lowest BCUT2D eigenvalue weighted by molar-refractivity contribution is -0.107. The Balaban J connectivity index is 1.24. The molecule has 0 radical (unpaired) electrons. The van der Waals surface area contributed by atoms with E-state index in [4.69, 9.17) is 16.3 Å². The van der Waals surface area contributed by atoms with E-state index in [2.05, 4.69) is 46.2 Å². The van der Waals surface area contributed by atoms with Gasteiger partial charge in [-0.25, -0.2) is 4.79 Å². The number of amides is 1. The van der Waals surface area contributed by atoms with Crippen LogP contribution < -0.4 is 0 Å². The number of benzene rings is 2. The monoisotopic (exact) mass is 397 g/mol. The molecule has 3 aliphatic rings. The molecule has 1 amide bonds. The van der Waals surface area contributed by atoms with Crippen LogP contribution in [0.3, 0.4) is 0 Å². The lowest BCUT2D eigenvalue weighted by Gasteiger charge is -2.51. The predicted molar refractivity (Wildman–Crippen MR) is 108 cm³/mol. The summed E-state index contributed by atoms with van der Waals surface area (Å²) >= 11 is 5.98. The average molecular weight is 398 g/mol. The summed E-state index contributed by atoms with van der Waals surface area (Å²) in [7, 11) is 0. The predicted octanol–water partition coefficient (Wildman–Crippen LogP) is 3.23. The Morgan fingerprint density at radius 1 is 0.929 bits per heavy atom. The van der Waals surface area contributed by atoms with Crippen molar-refractivity contribution in [2.45, 2.75) is 24.7 Å². The number of carbonyl (C=O) groups is 1. The first-order chi connectivity index (χ1) is 13.6. The van der Waals surface area contributed by atoms with Gasteiger partial charge in [-0.15, -0.1) is 0 Å². The molecule has 3 heterocycles. The second-order valence-corrected chi connectivity index (χ2v) is 8.57. The van der Waals surface area contributed by atoms with Gasteiger partial charge in [-0.05, 0) is 23.3 Å². The number of hydrogen-bond acceptors (Lipinski definition) is 4. The van der Waals surface area contributed by atoms with Crippen LogP contribution in [0.2, 0.25) is 5.02 Å². The van der Waals surface area contributed by atoms with Crippen molar-refractivity contribution in [3.63, 3.8) is 0 Å². The third kappa shape index (κ3) is 3.28. The fraction of sp³-hybridized carbons (Fsp3) is 0.409. The minimum absolute atomic E-state index is 0.138. The second kappa shape index (κ2) is 7.07. The van der Waals surface area contributed by atoms with E-state index in [0.29, 0.717) is 0 Å². The standard InChI is InChI=1S/C22H24ClN3O2/c23-19-8-6-18(7-9-19)13-25-15-22(16-25)20-14-24(10-11-26(20)21(27)28-22)12-17-4-2-1-3-5-17/h1-9,20H,10-16H2. The Kier molecular flexibility index (Phi) is 4.54. The molecule has 3 aliphatic heterocycles. The number of likely N-dealkylation sites (tertiary alicyclic amines) is 1. The van der Waals surface area contributed by atoms with Crippen LogP contribution in [0, 0.1) is 0 Å². The molecular weight excluding hydrogens is 374 g/mol. The van der Waals surface area contributed by atoms with E-state index in [9.17, 15) is 4.79 Å². The lowest BCUT2D eigenvalue weighted by Crippen LogP contribution is -2.70. The zero-order chi connectivity index (χ0) is 19.1. The molecule has 0 N–H and O–H groups in total. The van der Waals surface area contributed by atoms with Gasteiger partial charge < -0.3 is 4.74 Å². The van der Waals surface area contributed by atoms with E-state index in [1.165, 1.54) is 11.1 Å². The molecule has 146 valence electrons. The van der Waals surface area contributed by atoms with Crippen molar-refractivity contribution in [1.29, 1.82) is 0 Å². The number of ether oxygens (including phenoxy) is 1. The number of rotatable bonds is 4. The summed E-state index contributed by atoms with van der Waals surface area (Å²) in [5, 5.41) is 0.755. The zero-order valence-corrected chi connectivity index (χ0v) is 16.5. The first-order valence-corrected chi connectivity index (χ1v) is 10.2. The van der Waals surface area contributed by atoms with Gasteiger partial charge in [-0.1, -0.05) is 54.1 Å². The van der Waals surface area contributed by atoms with Gasteiger partial charge in [-0.3, -0.25) is 14.7 Å². The van der Waals surface area contributed by atoms with Gasteiger partial charge in [0.1, 0.15) is 0 Å². The third-order valence-corrected chi connectivity index (χ3v) is 6.40. The van der Waals surface area contributed by atoms with Crippen LogP contribution in [0.5, 0.6) is 0 Å². The maximum absolute atomic E-state index is 12.4. The van der Waals surface area contributed by atoms with E-state index >= 15 is 0 Å². The second-order valence-electron chi connectivity index (χ2n) is 8.13. The minimum atomic E-state index is -0.362. The number of carbonyl (C=O) groups excluding carboxylic acids is 1. The lowest BCUT2D eigenvalue weighted by atomic mass is 9.84. The molecule has 3 fully saturated rings. The van der Waals surface area contributed by atoms with Gasteiger partial charge in [0.15, 0.2) is 5.60 Å². The van der Waals surface area contributed by atoms with E-state index in [-0.39, 0.29) is 17.7 Å². The average Bonchev–Trinajstić information content (AvgIpc) is 2.96. The van der Waals surface area contributed by atoms with Gasteiger partial charge in [0.25, 0.3) is 0 Å². The molecule has 0 saturated carbocycles. The summed E-state index contributed by atoms with van der Waals surface area (Å²) in [4.78, 5) is 19.2. The third-order valence-electron chi connectivity index (χ3n) is 6.15. The van der Waals surface area contributed by atoms with Crippen molar-refractivity contribution >= 4 is 17.7 Å². The fourth-order valence-electron chi connectivity index (χ4n) is 4.74. The van der Waals surface area contributed by atoms with E-state index < -0.39 is 0 Å². The maximum atomic E-state index is 12.4. The van der Waals surface area contributed by atoms with Gasteiger partial charge in [0.05, 0.1) is 6.04 Å². The molecular formula is C22H24ClN3O2. The Morgan fingerprint density at radius 2 is 1.61 bits per heavy atom. The van der Waals surface area contributed by atoms with Crippen molar-refractivity contribution in [2.24, 2.45) is 0 Å². The molecule has 3 saturated heterocycles. The van der Waals surface area contributed by atoms with Crippen LogP contribution in [-0.4, -0.2) is 65.2 Å². The molecule has 1 atom stereocenters. The minimum Gasteiger partial charge on any atom is -0.438 e. The van der Waals surface area contributed by atoms with Gasteiger partial charge >= 0.3 is 6.09 Å². The SMILES string of the molecule is O=C1OC2(CN(Cc3ccc(Cl)cc3)C2)C2CN(Cc3ccccc3)CCN12. The molecule has 28 heavy (non-hydrogen) atoms. The van der Waals surface area contributed by atoms with Crippen LogP contribution in [0.4, 0.5) is 4.79 Å². The highest BCUT2D eigenvalue weighted by Crippen LogP contribution is 2.40. The van der Waals surface area contributed by atoms with Gasteiger partial charge in [0, 0.05) is 50.8 Å². The summed E-state index contributed by atoms with van der Waals surface area (Å²) in [6.07, 6.45) is -0.143. The van der Waals surface area contributed by atoms with Crippen LogP contribution >= 0.6 is 11.6 Å². The molecule has 0 aliphatic carbocycles. The molecule has 1 unspecified atom stereocenters. The number of halogens is 1. The fourth-order valence-corrected chi connectivity index (χ4v) is 4.87.